The smallest absolute Gasteiger partial charge is 0.277 e. The van der Waals surface area contributed by atoms with Crippen molar-refractivity contribution < 1.29 is 9.53 Å². The Hall–Kier alpha value is -2.30. The van der Waals surface area contributed by atoms with E-state index in [0.29, 0.717) is 18.1 Å². The number of hydrogen-bond acceptors (Lipinski definition) is 4. The summed E-state index contributed by atoms with van der Waals surface area (Å²) in [5.41, 5.74) is 5.01. The average Bonchev–Trinajstić information content (AvgIpc) is 2.84. The van der Waals surface area contributed by atoms with Gasteiger partial charge in [0.25, 0.3) is 5.91 Å². The molecule has 0 spiro atoms. The Balaban J connectivity index is 2.21. The third-order valence-corrected chi connectivity index (χ3v) is 3.35. The number of amides is 1. The second-order valence-electron chi connectivity index (χ2n) is 4.61. The number of rotatable bonds is 5. The zero-order valence-electron chi connectivity index (χ0n) is 12.7. The predicted molar refractivity (Wildman–Crippen MR) is 85.2 cm³/mol. The Morgan fingerprint density at radius 2 is 1.86 bits per heavy atom. The lowest BCUT2D eigenvalue weighted by Crippen LogP contribution is -2.21. The van der Waals surface area contributed by atoms with Crippen molar-refractivity contribution in [1.29, 1.82) is 0 Å². The second-order valence-corrected chi connectivity index (χ2v) is 4.61. The normalized spacial score (nSPS) is 15.9. The Bertz CT molecular complexity index is 557. The summed E-state index contributed by atoms with van der Waals surface area (Å²) in [4.78, 5) is 14.0. The number of carbonyl (C=O) groups is 1. The molecule has 5 heteroatoms. The Labute approximate surface area is 125 Å². The summed E-state index contributed by atoms with van der Waals surface area (Å²) < 4.78 is 5.34. The van der Waals surface area contributed by atoms with Crippen LogP contribution in [0.1, 0.15) is 26.3 Å². The van der Waals surface area contributed by atoms with E-state index in [0.717, 1.165) is 18.7 Å². The maximum absolute atomic E-state index is 11.7. The Kier molecular flexibility index (Phi) is 4.98. The molecule has 112 valence electrons. The van der Waals surface area contributed by atoms with E-state index in [1.54, 1.807) is 6.08 Å². The summed E-state index contributed by atoms with van der Waals surface area (Å²) in [7, 11) is 0. The summed E-state index contributed by atoms with van der Waals surface area (Å²) in [5, 5.41) is 3.87. The van der Waals surface area contributed by atoms with Crippen LogP contribution >= 0.6 is 0 Å². The topological polar surface area (TPSA) is 53.9 Å². The fourth-order valence-electron chi connectivity index (χ4n) is 2.23. The van der Waals surface area contributed by atoms with E-state index in [2.05, 4.69) is 41.4 Å². The maximum Gasteiger partial charge on any atom is 0.277 e. The molecule has 0 radical (unpaired) electrons. The highest BCUT2D eigenvalue weighted by atomic mass is 16.5. The number of benzene rings is 1. The number of nitrogens with one attached hydrogen (secondary N) is 1. The number of ether oxygens (including phenoxy) is 1. The van der Waals surface area contributed by atoms with E-state index in [9.17, 15) is 4.79 Å². The second kappa shape index (κ2) is 6.92. The highest BCUT2D eigenvalue weighted by Gasteiger charge is 2.23. The van der Waals surface area contributed by atoms with Gasteiger partial charge >= 0.3 is 0 Å². The van der Waals surface area contributed by atoms with Gasteiger partial charge in [-0.05, 0) is 44.5 Å². The third kappa shape index (κ3) is 3.42. The molecule has 1 N–H and O–H groups in total. The van der Waals surface area contributed by atoms with Crippen molar-refractivity contribution in [3.63, 3.8) is 0 Å². The molecule has 21 heavy (non-hydrogen) atoms. The van der Waals surface area contributed by atoms with Gasteiger partial charge in [0, 0.05) is 18.8 Å². The summed E-state index contributed by atoms with van der Waals surface area (Å²) in [6.07, 6.45) is 1.79. The van der Waals surface area contributed by atoms with Crippen molar-refractivity contribution in [1.82, 2.24) is 5.43 Å². The van der Waals surface area contributed by atoms with Crippen LogP contribution in [0.25, 0.3) is 6.08 Å². The van der Waals surface area contributed by atoms with Crippen molar-refractivity contribution >= 4 is 23.6 Å². The highest BCUT2D eigenvalue weighted by molar-refractivity contribution is 6.24. The van der Waals surface area contributed by atoms with Crippen LogP contribution < -0.4 is 10.3 Å². The van der Waals surface area contributed by atoms with E-state index >= 15 is 0 Å². The molecule has 0 fully saturated rings. The summed E-state index contributed by atoms with van der Waals surface area (Å²) in [5.74, 6) is 0.126. The van der Waals surface area contributed by atoms with Gasteiger partial charge in [-0.25, -0.2) is 5.43 Å². The van der Waals surface area contributed by atoms with Gasteiger partial charge in [-0.15, -0.1) is 5.10 Å². The molecule has 5 nitrogen and oxygen atoms in total. The van der Waals surface area contributed by atoms with Crippen LogP contribution in [0.15, 0.2) is 34.9 Å². The lowest BCUT2D eigenvalue weighted by atomic mass is 10.1. The van der Waals surface area contributed by atoms with Gasteiger partial charge in [-0.3, -0.25) is 4.79 Å². The number of nitrogens with zero attached hydrogens (tertiary/aromatic N) is 2. The highest BCUT2D eigenvalue weighted by Crippen LogP contribution is 2.18. The first kappa shape index (κ1) is 15.1. The lowest BCUT2D eigenvalue weighted by Gasteiger charge is -2.20. The van der Waals surface area contributed by atoms with Crippen molar-refractivity contribution in [2.75, 3.05) is 24.6 Å². The monoisotopic (exact) mass is 287 g/mol. The fraction of sp³-hybridized carbons (Fsp3) is 0.375. The molecule has 1 aromatic carbocycles. The van der Waals surface area contributed by atoms with E-state index < -0.39 is 0 Å². The molecule has 2 rings (SSSR count). The van der Waals surface area contributed by atoms with E-state index in [1.807, 2.05) is 19.1 Å². The molecule has 0 saturated heterocycles. The molecule has 0 atom stereocenters. The first-order valence-corrected chi connectivity index (χ1v) is 7.27. The van der Waals surface area contributed by atoms with Gasteiger partial charge in [0.2, 0.25) is 5.90 Å². The Morgan fingerprint density at radius 3 is 2.43 bits per heavy atom. The molecule has 0 aliphatic carbocycles. The van der Waals surface area contributed by atoms with E-state index in [4.69, 9.17) is 4.74 Å². The van der Waals surface area contributed by atoms with E-state index in [-0.39, 0.29) is 5.91 Å². The summed E-state index contributed by atoms with van der Waals surface area (Å²) in [6, 6.07) is 8.11. The van der Waals surface area contributed by atoms with Crippen molar-refractivity contribution in [2.24, 2.45) is 5.10 Å². The molecule has 1 aromatic rings. The number of anilines is 1. The van der Waals surface area contributed by atoms with Crippen LogP contribution in [-0.2, 0) is 9.53 Å². The molecular formula is C16H21N3O2. The first-order chi connectivity index (χ1) is 10.2. The van der Waals surface area contributed by atoms with E-state index in [1.165, 1.54) is 5.69 Å². The van der Waals surface area contributed by atoms with Crippen LogP contribution in [0, 0.1) is 0 Å². The summed E-state index contributed by atoms with van der Waals surface area (Å²) >= 11 is 0. The number of hydrogen-bond donors (Lipinski definition) is 1. The predicted octanol–water partition coefficient (Wildman–Crippen LogP) is 2.40. The van der Waals surface area contributed by atoms with Crippen LogP contribution in [0.4, 0.5) is 5.69 Å². The zero-order valence-corrected chi connectivity index (χ0v) is 12.7. The molecule has 1 aliphatic heterocycles. The molecule has 1 aliphatic rings. The summed E-state index contributed by atoms with van der Waals surface area (Å²) in [6.45, 7) is 8.55. The lowest BCUT2D eigenvalue weighted by molar-refractivity contribution is -0.116. The molecule has 0 bridgehead atoms. The van der Waals surface area contributed by atoms with Crippen LogP contribution in [0.3, 0.4) is 0 Å². The minimum atomic E-state index is -0.230. The quantitative estimate of drug-likeness (QED) is 0.846. The van der Waals surface area contributed by atoms with Crippen LogP contribution in [0.5, 0.6) is 0 Å². The zero-order chi connectivity index (χ0) is 15.2. The van der Waals surface area contributed by atoms with Crippen molar-refractivity contribution in [3.05, 3.63) is 35.4 Å². The molecule has 0 unspecified atom stereocenters. The van der Waals surface area contributed by atoms with Gasteiger partial charge in [0.15, 0.2) is 0 Å². The maximum atomic E-state index is 11.7. The minimum absolute atomic E-state index is 0.230. The largest absolute Gasteiger partial charge is 0.476 e. The first-order valence-electron chi connectivity index (χ1n) is 7.27. The van der Waals surface area contributed by atoms with Crippen molar-refractivity contribution in [2.45, 2.75) is 20.8 Å². The average molecular weight is 287 g/mol. The molecular weight excluding hydrogens is 266 g/mol. The molecule has 1 heterocycles. The van der Waals surface area contributed by atoms with Gasteiger partial charge in [0.05, 0.1) is 6.61 Å². The van der Waals surface area contributed by atoms with Crippen LogP contribution in [0.2, 0.25) is 0 Å². The van der Waals surface area contributed by atoms with Gasteiger partial charge in [-0.1, -0.05) is 12.1 Å². The van der Waals surface area contributed by atoms with Crippen LogP contribution in [-0.4, -0.2) is 31.5 Å². The minimum Gasteiger partial charge on any atom is -0.476 e. The van der Waals surface area contributed by atoms with Gasteiger partial charge in [-0.2, -0.15) is 0 Å². The van der Waals surface area contributed by atoms with Crippen molar-refractivity contribution in [3.8, 4) is 0 Å². The third-order valence-electron chi connectivity index (χ3n) is 3.35. The molecule has 0 saturated carbocycles. The number of carbonyl (C=O) groups excluding carboxylic acids is 1. The molecule has 0 aromatic heterocycles. The molecule has 1 amide bonds. The standard InChI is InChI=1S/C16H21N3O2/c1-4-19(5-2)13-9-7-12(8-10-13)11-14-15(20)17-18-16(14)21-6-3/h7-11H,4-6H2,1-3H3,(H,17,20)/b14-11-. The fourth-order valence-corrected chi connectivity index (χ4v) is 2.23. The van der Waals surface area contributed by atoms with Gasteiger partial charge in [0.1, 0.15) is 5.57 Å². The van der Waals surface area contributed by atoms with Gasteiger partial charge < -0.3 is 9.64 Å². The SMILES string of the molecule is CCOC1=NNC(=O)/C1=C/c1ccc(N(CC)CC)cc1. The number of hydrazone groups is 1. The Morgan fingerprint density at radius 1 is 1.19 bits per heavy atom.